The molecule has 52 heavy (non-hydrogen) atoms. The lowest BCUT2D eigenvalue weighted by Gasteiger charge is -2.27. The Bertz CT molecular complexity index is 2210. The first kappa shape index (κ1) is 35.6. The van der Waals surface area contributed by atoms with Crippen molar-refractivity contribution < 1.29 is 33.7 Å². The molecular formula is C40H39N5O7. The Kier molecular flexibility index (Phi) is 11.1. The minimum Gasteiger partial charge on any atom is -0.506 e. The summed E-state index contributed by atoms with van der Waals surface area (Å²) in [5, 5.41) is 24.1. The highest BCUT2D eigenvalue weighted by Crippen LogP contribution is 2.39. The van der Waals surface area contributed by atoms with E-state index in [1.807, 2.05) is 62.4 Å². The van der Waals surface area contributed by atoms with Crippen molar-refractivity contribution in [3.05, 3.63) is 114 Å². The number of para-hydroxylation sites is 3. The number of carbonyl (C=O) groups excluding carboxylic acids is 3. The van der Waals surface area contributed by atoms with Crippen LogP contribution in [0.25, 0.3) is 27.5 Å². The lowest BCUT2D eigenvalue weighted by Crippen LogP contribution is -2.40. The van der Waals surface area contributed by atoms with Crippen molar-refractivity contribution in [3.8, 4) is 22.9 Å². The predicted octanol–water partition coefficient (Wildman–Crippen LogP) is 6.65. The highest BCUT2D eigenvalue weighted by Gasteiger charge is 2.26. The number of rotatable bonds is 8. The average Bonchev–Trinajstić information content (AvgIpc) is 3.59. The Morgan fingerprint density at radius 1 is 0.885 bits per heavy atom. The Labute approximate surface area is 300 Å². The number of nitrogens with zero attached hydrogens (tertiary/aromatic N) is 4. The molecule has 0 aliphatic carbocycles. The van der Waals surface area contributed by atoms with Gasteiger partial charge in [-0.2, -0.15) is 0 Å². The van der Waals surface area contributed by atoms with Gasteiger partial charge in [0.1, 0.15) is 22.8 Å². The van der Waals surface area contributed by atoms with Gasteiger partial charge in [0.2, 0.25) is 0 Å². The van der Waals surface area contributed by atoms with Gasteiger partial charge in [0.25, 0.3) is 11.8 Å². The zero-order valence-corrected chi connectivity index (χ0v) is 29.1. The van der Waals surface area contributed by atoms with Gasteiger partial charge in [0, 0.05) is 30.8 Å². The first-order valence-electron chi connectivity index (χ1n) is 16.9. The van der Waals surface area contributed by atoms with E-state index in [1.54, 1.807) is 64.2 Å². The molecule has 266 valence electrons. The van der Waals surface area contributed by atoms with E-state index >= 15 is 0 Å². The number of amides is 2. The second-order valence-corrected chi connectivity index (χ2v) is 12.5. The second-order valence-electron chi connectivity index (χ2n) is 12.5. The van der Waals surface area contributed by atoms with Crippen LogP contribution in [0.2, 0.25) is 0 Å². The van der Waals surface area contributed by atoms with E-state index in [2.05, 4.69) is 15.6 Å². The molecule has 1 aromatic heterocycles. The zero-order chi connectivity index (χ0) is 36.6. The molecule has 1 saturated heterocycles. The lowest BCUT2D eigenvalue weighted by molar-refractivity contribution is -0.131. The number of hydrogen-bond donors (Lipinski definition) is 2. The molecule has 0 spiro atoms. The van der Waals surface area contributed by atoms with Crippen LogP contribution in [0.4, 0.5) is 5.69 Å². The van der Waals surface area contributed by atoms with Crippen LogP contribution in [0.5, 0.6) is 17.2 Å². The number of benzene rings is 5. The third-order valence-electron chi connectivity index (χ3n) is 8.18. The zero-order valence-electron chi connectivity index (χ0n) is 29.1. The number of morpholine rings is 1. The maximum absolute atomic E-state index is 13.6. The van der Waals surface area contributed by atoms with Crippen LogP contribution < -0.4 is 14.8 Å². The predicted molar refractivity (Wildman–Crippen MR) is 197 cm³/mol. The van der Waals surface area contributed by atoms with Gasteiger partial charge in [0.15, 0.2) is 0 Å². The molecule has 1 aliphatic rings. The standard InChI is InChI=1S/C32H31N5O5.C8H8O2/c1-20(2)19-42-28-13-6-3-8-21(28)31(39)33-25-11-7-9-22-29(25)27(37-26-12-5-4-10-24(26)34-35-37)18-23(30(22)38)32(40)36-14-16-41-17-15-36;1-7(9)10-8-5-3-2-4-6-8/h3-13,18,20,38H,14-17,19H2,1-2H3,(H,33,39);2-6H,1H3. The number of aromatic nitrogens is 3. The van der Waals surface area contributed by atoms with Gasteiger partial charge < -0.3 is 29.5 Å². The van der Waals surface area contributed by atoms with Gasteiger partial charge in [-0.15, -0.1) is 5.10 Å². The number of anilines is 1. The van der Waals surface area contributed by atoms with Crippen LogP contribution in [0.1, 0.15) is 41.5 Å². The highest BCUT2D eigenvalue weighted by molar-refractivity contribution is 6.15. The highest BCUT2D eigenvalue weighted by atomic mass is 16.5. The maximum Gasteiger partial charge on any atom is 0.308 e. The monoisotopic (exact) mass is 701 g/mol. The Balaban J connectivity index is 0.000000402. The molecule has 1 aliphatic heterocycles. The molecule has 7 rings (SSSR count). The molecule has 1 fully saturated rings. The number of aromatic hydroxyl groups is 1. The summed E-state index contributed by atoms with van der Waals surface area (Å²) in [6.45, 7) is 7.64. The normalized spacial score (nSPS) is 12.7. The molecule has 12 heteroatoms. The van der Waals surface area contributed by atoms with Gasteiger partial charge in [-0.25, -0.2) is 4.68 Å². The third-order valence-corrected chi connectivity index (χ3v) is 8.18. The van der Waals surface area contributed by atoms with Gasteiger partial charge >= 0.3 is 5.97 Å². The molecule has 6 aromatic rings. The summed E-state index contributed by atoms with van der Waals surface area (Å²) < 4.78 is 17.7. The molecule has 0 radical (unpaired) electrons. The number of fused-ring (bicyclic) bond motifs is 2. The molecule has 12 nitrogen and oxygen atoms in total. The fraction of sp³-hybridized carbons (Fsp3) is 0.225. The molecule has 2 N–H and O–H groups in total. The minimum atomic E-state index is -0.371. The fourth-order valence-corrected chi connectivity index (χ4v) is 5.75. The van der Waals surface area contributed by atoms with E-state index in [0.29, 0.717) is 83.2 Å². The second kappa shape index (κ2) is 16.2. The summed E-state index contributed by atoms with van der Waals surface area (Å²) in [5.74, 6) is 0.218. The summed E-state index contributed by atoms with van der Waals surface area (Å²) in [6, 6.07) is 30.3. The van der Waals surface area contributed by atoms with Crippen LogP contribution in [0.3, 0.4) is 0 Å². The molecule has 0 unspecified atom stereocenters. The van der Waals surface area contributed by atoms with Crippen molar-refractivity contribution >= 4 is 45.3 Å². The maximum atomic E-state index is 13.6. The van der Waals surface area contributed by atoms with Crippen molar-refractivity contribution in [2.45, 2.75) is 20.8 Å². The Hall–Kier alpha value is -6.27. The van der Waals surface area contributed by atoms with Crippen LogP contribution in [0, 0.1) is 5.92 Å². The van der Waals surface area contributed by atoms with Crippen molar-refractivity contribution in [2.75, 3.05) is 38.2 Å². The minimum absolute atomic E-state index is 0.134. The number of esters is 1. The summed E-state index contributed by atoms with van der Waals surface area (Å²) in [7, 11) is 0. The van der Waals surface area contributed by atoms with Crippen molar-refractivity contribution in [2.24, 2.45) is 5.92 Å². The Morgan fingerprint density at radius 2 is 1.60 bits per heavy atom. The average molecular weight is 702 g/mol. The van der Waals surface area contributed by atoms with Crippen LogP contribution in [-0.4, -0.2) is 75.7 Å². The Morgan fingerprint density at radius 3 is 2.35 bits per heavy atom. The van der Waals surface area contributed by atoms with E-state index in [-0.39, 0.29) is 35.0 Å². The molecule has 2 heterocycles. The number of hydrogen-bond acceptors (Lipinski definition) is 9. The van der Waals surface area contributed by atoms with Crippen LogP contribution in [-0.2, 0) is 9.53 Å². The molecular weight excluding hydrogens is 662 g/mol. The molecule has 5 aromatic carbocycles. The third kappa shape index (κ3) is 8.03. The quantitative estimate of drug-likeness (QED) is 0.132. The van der Waals surface area contributed by atoms with Crippen molar-refractivity contribution in [1.29, 1.82) is 0 Å². The number of phenols is 1. The molecule has 0 bridgehead atoms. The molecule has 0 saturated carbocycles. The van der Waals surface area contributed by atoms with E-state index in [0.717, 1.165) is 0 Å². The van der Waals surface area contributed by atoms with Crippen molar-refractivity contribution in [3.63, 3.8) is 0 Å². The first-order valence-corrected chi connectivity index (χ1v) is 16.9. The van der Waals surface area contributed by atoms with Gasteiger partial charge in [-0.3, -0.25) is 14.4 Å². The number of carbonyl (C=O) groups is 3. The van der Waals surface area contributed by atoms with Gasteiger partial charge in [-0.1, -0.05) is 73.7 Å². The van der Waals surface area contributed by atoms with Crippen LogP contribution in [0.15, 0.2) is 103 Å². The SMILES string of the molecule is CC(=O)Oc1ccccc1.CC(C)COc1ccccc1C(=O)Nc1cccc2c(O)c(C(=O)N3CCOCC3)cc(-n3nnc4ccccc43)c12. The smallest absolute Gasteiger partial charge is 0.308 e. The first-order chi connectivity index (χ1) is 25.2. The van der Waals surface area contributed by atoms with E-state index in [4.69, 9.17) is 14.2 Å². The number of nitrogens with one attached hydrogen (secondary N) is 1. The fourth-order valence-electron chi connectivity index (χ4n) is 5.75. The molecule has 2 amide bonds. The summed E-state index contributed by atoms with van der Waals surface area (Å²) in [5.41, 5.74) is 2.82. The molecule has 0 atom stereocenters. The summed E-state index contributed by atoms with van der Waals surface area (Å²) >= 11 is 0. The van der Waals surface area contributed by atoms with E-state index < -0.39 is 0 Å². The topological polar surface area (TPSA) is 145 Å². The van der Waals surface area contributed by atoms with Gasteiger partial charge in [0.05, 0.1) is 47.8 Å². The van der Waals surface area contributed by atoms with Gasteiger partial charge in [-0.05, 0) is 54.4 Å². The van der Waals surface area contributed by atoms with E-state index in [9.17, 15) is 19.5 Å². The largest absolute Gasteiger partial charge is 0.506 e. The lowest BCUT2D eigenvalue weighted by atomic mass is 10.00. The van der Waals surface area contributed by atoms with Crippen molar-refractivity contribution in [1.82, 2.24) is 19.9 Å². The number of phenolic OH excluding ortho intramolecular Hbond substituents is 1. The number of ether oxygens (including phenoxy) is 3. The summed E-state index contributed by atoms with van der Waals surface area (Å²) in [6.07, 6.45) is 0. The van der Waals surface area contributed by atoms with E-state index in [1.165, 1.54) is 6.92 Å². The van der Waals surface area contributed by atoms with Crippen LogP contribution >= 0.6 is 0 Å². The summed E-state index contributed by atoms with van der Waals surface area (Å²) in [4.78, 5) is 39.3.